The number of nitrogens with one attached hydrogen (secondary N) is 1. The molecular weight excluding hydrogens is 290 g/mol. The molecule has 7 heteroatoms. The summed E-state index contributed by atoms with van der Waals surface area (Å²) in [5.41, 5.74) is 0. The van der Waals surface area contributed by atoms with Gasteiger partial charge in [0.15, 0.2) is 0 Å². The third-order valence-electron chi connectivity index (χ3n) is 1.97. The molecule has 1 aromatic carbocycles. The summed E-state index contributed by atoms with van der Waals surface area (Å²) in [6, 6.07) is 7.43. The van der Waals surface area contributed by atoms with Crippen molar-refractivity contribution < 1.29 is 4.79 Å². The summed E-state index contributed by atoms with van der Waals surface area (Å²) in [6.07, 6.45) is 0. The number of aromatic nitrogens is 2. The lowest BCUT2D eigenvalue weighted by molar-refractivity contribution is -0.113. The Morgan fingerprint density at radius 1 is 1.44 bits per heavy atom. The van der Waals surface area contributed by atoms with E-state index in [0.717, 1.165) is 9.90 Å². The fourth-order valence-electron chi connectivity index (χ4n) is 1.21. The van der Waals surface area contributed by atoms with E-state index in [1.165, 1.54) is 23.1 Å². The van der Waals surface area contributed by atoms with Crippen LogP contribution >= 0.6 is 34.7 Å². The number of hydrogen-bond acceptors (Lipinski definition) is 5. The normalized spacial score (nSPS) is 10.3. The van der Waals surface area contributed by atoms with Crippen LogP contribution in [0.3, 0.4) is 0 Å². The van der Waals surface area contributed by atoms with Crippen LogP contribution in [0.4, 0.5) is 5.13 Å². The van der Waals surface area contributed by atoms with Crippen molar-refractivity contribution in [2.24, 2.45) is 0 Å². The molecule has 0 radical (unpaired) electrons. The molecule has 0 unspecified atom stereocenters. The second kappa shape index (κ2) is 6.17. The maximum absolute atomic E-state index is 11.7. The summed E-state index contributed by atoms with van der Waals surface area (Å²) in [6.45, 7) is 1.84. The largest absolute Gasteiger partial charge is 0.300 e. The van der Waals surface area contributed by atoms with Gasteiger partial charge in [-0.15, -0.1) is 22.0 Å². The molecule has 4 nitrogen and oxygen atoms in total. The van der Waals surface area contributed by atoms with Gasteiger partial charge < -0.3 is 0 Å². The summed E-state index contributed by atoms with van der Waals surface area (Å²) in [5, 5.41) is 12.4. The molecule has 0 saturated heterocycles. The zero-order chi connectivity index (χ0) is 13.0. The minimum atomic E-state index is -0.115. The van der Waals surface area contributed by atoms with Crippen LogP contribution in [-0.2, 0) is 4.79 Å². The molecule has 2 aromatic rings. The van der Waals surface area contributed by atoms with Gasteiger partial charge in [0.25, 0.3) is 0 Å². The van der Waals surface area contributed by atoms with Crippen LogP contribution in [0.15, 0.2) is 29.2 Å². The van der Waals surface area contributed by atoms with Crippen molar-refractivity contribution in [3.63, 3.8) is 0 Å². The van der Waals surface area contributed by atoms with Gasteiger partial charge in [-0.2, -0.15) is 0 Å². The standard InChI is InChI=1S/C11H10ClN3OS2/c1-7-14-15-11(18-7)13-10(16)6-17-9-5-3-2-4-8(9)12/h2-5H,6H2,1H3,(H,13,15,16). The second-order valence-electron chi connectivity index (χ2n) is 3.39. The number of nitrogens with zero attached hydrogens (tertiary/aromatic N) is 2. The zero-order valence-electron chi connectivity index (χ0n) is 9.51. The number of amides is 1. The Kier molecular flexibility index (Phi) is 4.57. The average molecular weight is 300 g/mol. The van der Waals surface area contributed by atoms with Gasteiger partial charge in [0.2, 0.25) is 11.0 Å². The first-order valence-corrected chi connectivity index (χ1v) is 7.30. The minimum absolute atomic E-state index is 0.115. The molecule has 1 amide bonds. The second-order valence-corrected chi connectivity index (χ2v) is 6.00. The molecule has 0 aliphatic carbocycles. The molecule has 0 atom stereocenters. The van der Waals surface area contributed by atoms with Crippen molar-refractivity contribution in [3.05, 3.63) is 34.3 Å². The molecule has 0 saturated carbocycles. The lowest BCUT2D eigenvalue weighted by atomic mass is 10.4. The Bertz CT molecular complexity index is 559. The van der Waals surface area contributed by atoms with E-state index in [-0.39, 0.29) is 5.91 Å². The van der Waals surface area contributed by atoms with Gasteiger partial charge in [0.1, 0.15) is 5.01 Å². The highest BCUT2D eigenvalue weighted by Gasteiger charge is 2.08. The monoisotopic (exact) mass is 299 g/mol. The maximum Gasteiger partial charge on any atom is 0.236 e. The SMILES string of the molecule is Cc1nnc(NC(=O)CSc2ccccc2Cl)s1. The first-order chi connectivity index (χ1) is 8.65. The molecule has 0 aliphatic heterocycles. The molecule has 2 rings (SSSR count). The van der Waals surface area contributed by atoms with Crippen LogP contribution in [0.25, 0.3) is 0 Å². The number of anilines is 1. The van der Waals surface area contributed by atoms with E-state index >= 15 is 0 Å². The highest BCUT2D eigenvalue weighted by Crippen LogP contribution is 2.26. The molecule has 1 N–H and O–H groups in total. The van der Waals surface area contributed by atoms with Gasteiger partial charge in [-0.3, -0.25) is 10.1 Å². The Hall–Kier alpha value is -1.11. The first-order valence-electron chi connectivity index (χ1n) is 5.12. The van der Waals surface area contributed by atoms with Crippen molar-refractivity contribution in [2.75, 3.05) is 11.1 Å². The minimum Gasteiger partial charge on any atom is -0.300 e. The molecule has 0 fully saturated rings. The summed E-state index contributed by atoms with van der Waals surface area (Å²) in [7, 11) is 0. The number of carbonyl (C=O) groups is 1. The first kappa shape index (κ1) is 13.3. The summed E-state index contributed by atoms with van der Waals surface area (Å²) < 4.78 is 0. The molecule has 1 heterocycles. The van der Waals surface area contributed by atoms with Gasteiger partial charge in [0.05, 0.1) is 10.8 Å². The maximum atomic E-state index is 11.7. The van der Waals surface area contributed by atoms with Crippen molar-refractivity contribution in [1.29, 1.82) is 0 Å². The molecule has 18 heavy (non-hydrogen) atoms. The van der Waals surface area contributed by atoms with Gasteiger partial charge in [-0.25, -0.2) is 0 Å². The van der Waals surface area contributed by atoms with Crippen LogP contribution in [0.2, 0.25) is 5.02 Å². The Labute approximate surface area is 118 Å². The number of thioether (sulfide) groups is 1. The smallest absolute Gasteiger partial charge is 0.236 e. The van der Waals surface area contributed by atoms with E-state index in [0.29, 0.717) is 15.9 Å². The van der Waals surface area contributed by atoms with Crippen molar-refractivity contribution in [2.45, 2.75) is 11.8 Å². The van der Waals surface area contributed by atoms with Crippen LogP contribution in [0.1, 0.15) is 5.01 Å². The van der Waals surface area contributed by atoms with Crippen LogP contribution in [-0.4, -0.2) is 21.9 Å². The number of hydrogen-bond donors (Lipinski definition) is 1. The fourth-order valence-corrected chi connectivity index (χ4v) is 2.85. The third-order valence-corrected chi connectivity index (χ3v) is 4.24. The molecule has 0 bridgehead atoms. The number of halogens is 1. The Balaban J connectivity index is 1.87. The van der Waals surface area contributed by atoms with Crippen molar-refractivity contribution in [1.82, 2.24) is 10.2 Å². The van der Waals surface area contributed by atoms with Crippen molar-refractivity contribution >= 4 is 45.7 Å². The van der Waals surface area contributed by atoms with Gasteiger partial charge in [-0.05, 0) is 19.1 Å². The third kappa shape index (κ3) is 3.69. The fraction of sp³-hybridized carbons (Fsp3) is 0.182. The molecule has 0 aliphatic rings. The molecule has 94 valence electrons. The Morgan fingerprint density at radius 3 is 2.89 bits per heavy atom. The quantitative estimate of drug-likeness (QED) is 0.881. The number of rotatable bonds is 4. The van der Waals surface area contributed by atoms with E-state index in [1.54, 1.807) is 6.07 Å². The number of benzene rings is 1. The van der Waals surface area contributed by atoms with E-state index in [1.807, 2.05) is 25.1 Å². The highest BCUT2D eigenvalue weighted by atomic mass is 35.5. The summed E-state index contributed by atoms with van der Waals surface area (Å²) >= 11 is 8.74. The lowest BCUT2D eigenvalue weighted by Gasteiger charge is -2.03. The number of aryl methyl sites for hydroxylation is 1. The van der Waals surface area contributed by atoms with Gasteiger partial charge in [0, 0.05) is 4.90 Å². The van der Waals surface area contributed by atoms with Gasteiger partial charge in [-0.1, -0.05) is 35.1 Å². The predicted molar refractivity (Wildman–Crippen MR) is 75.5 cm³/mol. The lowest BCUT2D eigenvalue weighted by Crippen LogP contribution is -2.13. The molecular formula is C11H10ClN3OS2. The topological polar surface area (TPSA) is 54.9 Å². The average Bonchev–Trinajstić information content (AvgIpc) is 2.74. The summed E-state index contributed by atoms with van der Waals surface area (Å²) in [5.74, 6) is 0.179. The van der Waals surface area contributed by atoms with E-state index in [2.05, 4.69) is 15.5 Å². The van der Waals surface area contributed by atoms with Crippen LogP contribution < -0.4 is 5.32 Å². The zero-order valence-corrected chi connectivity index (χ0v) is 11.9. The Morgan fingerprint density at radius 2 is 2.22 bits per heavy atom. The molecule has 1 aromatic heterocycles. The summed E-state index contributed by atoms with van der Waals surface area (Å²) in [4.78, 5) is 12.6. The van der Waals surface area contributed by atoms with E-state index < -0.39 is 0 Å². The number of carbonyl (C=O) groups excluding carboxylic acids is 1. The highest BCUT2D eigenvalue weighted by molar-refractivity contribution is 8.00. The van der Waals surface area contributed by atoms with Crippen molar-refractivity contribution in [3.8, 4) is 0 Å². The predicted octanol–water partition coefficient (Wildman–Crippen LogP) is 3.23. The van der Waals surface area contributed by atoms with E-state index in [9.17, 15) is 4.79 Å². The van der Waals surface area contributed by atoms with E-state index in [4.69, 9.17) is 11.6 Å². The molecule has 0 spiro atoms. The van der Waals surface area contributed by atoms with Crippen LogP contribution in [0.5, 0.6) is 0 Å². The van der Waals surface area contributed by atoms with Gasteiger partial charge >= 0.3 is 0 Å². The van der Waals surface area contributed by atoms with Crippen LogP contribution in [0, 0.1) is 6.92 Å².